The third-order valence-corrected chi connectivity index (χ3v) is 3.38. The van der Waals surface area contributed by atoms with E-state index in [9.17, 15) is 4.79 Å². The first-order valence-electron chi connectivity index (χ1n) is 5.21. The molecule has 0 aromatic heterocycles. The fourth-order valence-electron chi connectivity index (χ4n) is 1.47. The maximum atomic E-state index is 10.9. The van der Waals surface area contributed by atoms with E-state index in [2.05, 4.69) is 6.07 Å². The number of aromatic carboxylic acids is 1. The Morgan fingerprint density at radius 2 is 1.94 bits per heavy atom. The molecule has 0 atom stereocenters. The van der Waals surface area contributed by atoms with E-state index in [0.717, 1.165) is 9.79 Å². The van der Waals surface area contributed by atoms with E-state index >= 15 is 0 Å². The van der Waals surface area contributed by atoms with E-state index in [0.29, 0.717) is 5.56 Å². The van der Waals surface area contributed by atoms with Crippen molar-refractivity contribution in [2.75, 3.05) is 0 Å². The van der Waals surface area contributed by atoms with E-state index in [1.54, 1.807) is 30.3 Å². The normalized spacial score (nSPS) is 9.72. The van der Waals surface area contributed by atoms with Crippen LogP contribution in [-0.4, -0.2) is 11.1 Å². The largest absolute Gasteiger partial charge is 0.478 e. The lowest BCUT2D eigenvalue weighted by Crippen LogP contribution is -1.95. The minimum absolute atomic E-state index is 0.245. The highest BCUT2D eigenvalue weighted by atomic mass is 32.2. The highest BCUT2D eigenvalue weighted by Gasteiger charge is 2.06. The summed E-state index contributed by atoms with van der Waals surface area (Å²) in [6.45, 7) is 0. The lowest BCUT2D eigenvalue weighted by atomic mass is 10.2. The molecule has 0 radical (unpaired) electrons. The smallest absolute Gasteiger partial charge is 0.335 e. The van der Waals surface area contributed by atoms with Gasteiger partial charge in [-0.1, -0.05) is 30.0 Å². The summed E-state index contributed by atoms with van der Waals surface area (Å²) in [7, 11) is 0. The quantitative estimate of drug-likeness (QED) is 0.913. The maximum absolute atomic E-state index is 10.9. The average molecular weight is 255 g/mol. The van der Waals surface area contributed by atoms with Gasteiger partial charge in [-0.2, -0.15) is 5.26 Å². The van der Waals surface area contributed by atoms with Gasteiger partial charge in [0, 0.05) is 9.79 Å². The van der Waals surface area contributed by atoms with Gasteiger partial charge in [-0.25, -0.2) is 4.79 Å². The Bertz CT molecular complexity index is 632. The summed E-state index contributed by atoms with van der Waals surface area (Å²) >= 11 is 1.38. The van der Waals surface area contributed by atoms with E-state index < -0.39 is 5.97 Å². The van der Waals surface area contributed by atoms with Crippen molar-refractivity contribution in [3.63, 3.8) is 0 Å². The van der Waals surface area contributed by atoms with Crippen molar-refractivity contribution in [1.82, 2.24) is 0 Å². The highest BCUT2D eigenvalue weighted by molar-refractivity contribution is 7.99. The Labute approximate surface area is 109 Å². The molecule has 0 aliphatic rings. The van der Waals surface area contributed by atoms with Crippen LogP contribution in [0.1, 0.15) is 15.9 Å². The maximum Gasteiger partial charge on any atom is 0.335 e. The van der Waals surface area contributed by atoms with Gasteiger partial charge in [-0.05, 0) is 30.3 Å². The van der Waals surface area contributed by atoms with Crippen molar-refractivity contribution >= 4 is 17.7 Å². The molecule has 18 heavy (non-hydrogen) atoms. The van der Waals surface area contributed by atoms with Gasteiger partial charge < -0.3 is 5.11 Å². The van der Waals surface area contributed by atoms with Gasteiger partial charge >= 0.3 is 5.97 Å². The summed E-state index contributed by atoms with van der Waals surface area (Å²) in [6, 6.07) is 16.0. The number of nitrogens with zero attached hydrogens (tertiary/aromatic N) is 1. The topological polar surface area (TPSA) is 61.1 Å². The summed E-state index contributed by atoms with van der Waals surface area (Å²) in [5.41, 5.74) is 0.831. The predicted molar refractivity (Wildman–Crippen MR) is 68.7 cm³/mol. The van der Waals surface area contributed by atoms with Crippen molar-refractivity contribution in [2.45, 2.75) is 9.79 Å². The van der Waals surface area contributed by atoms with Crippen molar-refractivity contribution < 1.29 is 9.90 Å². The molecule has 0 saturated heterocycles. The SMILES string of the molecule is N#Cc1ccccc1Sc1cccc(C(=O)O)c1. The van der Waals surface area contributed by atoms with Gasteiger partial charge in [0.15, 0.2) is 0 Å². The molecule has 88 valence electrons. The van der Waals surface area contributed by atoms with Crippen LogP contribution >= 0.6 is 11.8 Å². The molecule has 2 rings (SSSR count). The Morgan fingerprint density at radius 3 is 2.67 bits per heavy atom. The summed E-state index contributed by atoms with van der Waals surface area (Å²) in [4.78, 5) is 12.5. The lowest BCUT2D eigenvalue weighted by molar-refractivity contribution is 0.0696. The third kappa shape index (κ3) is 2.70. The first kappa shape index (κ1) is 12.2. The average Bonchev–Trinajstić information content (AvgIpc) is 2.39. The fraction of sp³-hybridized carbons (Fsp3) is 0. The third-order valence-electron chi connectivity index (χ3n) is 2.32. The van der Waals surface area contributed by atoms with Crippen LogP contribution in [0.15, 0.2) is 58.3 Å². The number of carbonyl (C=O) groups is 1. The molecule has 2 aromatic carbocycles. The minimum atomic E-state index is -0.953. The van der Waals surface area contributed by atoms with Crippen molar-refractivity contribution in [2.24, 2.45) is 0 Å². The lowest BCUT2D eigenvalue weighted by Gasteiger charge is -2.04. The molecule has 0 amide bonds. The Kier molecular flexibility index (Phi) is 3.66. The molecule has 0 unspecified atom stereocenters. The van der Waals surface area contributed by atoms with Crippen molar-refractivity contribution in [3.05, 3.63) is 59.7 Å². The summed E-state index contributed by atoms with van der Waals surface area (Å²) in [5, 5.41) is 17.9. The number of hydrogen-bond acceptors (Lipinski definition) is 3. The summed E-state index contributed by atoms with van der Waals surface area (Å²) in [5.74, 6) is -0.953. The van der Waals surface area contributed by atoms with Gasteiger partial charge in [0.05, 0.1) is 11.1 Å². The number of nitriles is 1. The second kappa shape index (κ2) is 5.39. The monoisotopic (exact) mass is 255 g/mol. The zero-order valence-corrected chi connectivity index (χ0v) is 10.1. The van der Waals surface area contributed by atoms with Crippen LogP contribution in [0.5, 0.6) is 0 Å². The summed E-state index contributed by atoms with van der Waals surface area (Å²) < 4.78 is 0. The molecule has 0 bridgehead atoms. The Morgan fingerprint density at radius 1 is 1.17 bits per heavy atom. The fourth-order valence-corrected chi connectivity index (χ4v) is 2.42. The van der Waals surface area contributed by atoms with Gasteiger partial charge in [0.2, 0.25) is 0 Å². The molecule has 0 aliphatic carbocycles. The molecule has 0 heterocycles. The van der Waals surface area contributed by atoms with Crippen LogP contribution < -0.4 is 0 Å². The zero-order chi connectivity index (χ0) is 13.0. The van der Waals surface area contributed by atoms with E-state index in [1.807, 2.05) is 18.2 Å². The van der Waals surface area contributed by atoms with Crippen molar-refractivity contribution in [1.29, 1.82) is 5.26 Å². The number of rotatable bonds is 3. The molecule has 3 nitrogen and oxygen atoms in total. The molecule has 0 fully saturated rings. The molecule has 0 aliphatic heterocycles. The molecule has 0 saturated carbocycles. The summed E-state index contributed by atoms with van der Waals surface area (Å²) in [6.07, 6.45) is 0. The van der Waals surface area contributed by atoms with Crippen LogP contribution in [-0.2, 0) is 0 Å². The number of hydrogen-bond donors (Lipinski definition) is 1. The highest BCUT2D eigenvalue weighted by Crippen LogP contribution is 2.30. The van der Waals surface area contributed by atoms with E-state index in [-0.39, 0.29) is 5.56 Å². The molecule has 4 heteroatoms. The molecule has 2 aromatic rings. The molecule has 0 spiro atoms. The number of benzene rings is 2. The van der Waals surface area contributed by atoms with Gasteiger partial charge in [-0.3, -0.25) is 0 Å². The van der Waals surface area contributed by atoms with E-state index in [4.69, 9.17) is 10.4 Å². The van der Waals surface area contributed by atoms with Crippen LogP contribution in [0.25, 0.3) is 0 Å². The van der Waals surface area contributed by atoms with Gasteiger partial charge in [0.25, 0.3) is 0 Å². The molecule has 1 N–H and O–H groups in total. The van der Waals surface area contributed by atoms with Crippen molar-refractivity contribution in [3.8, 4) is 6.07 Å². The van der Waals surface area contributed by atoms with Gasteiger partial charge in [-0.15, -0.1) is 0 Å². The zero-order valence-electron chi connectivity index (χ0n) is 9.33. The predicted octanol–water partition coefficient (Wildman–Crippen LogP) is 3.41. The number of carboxylic acids is 1. The van der Waals surface area contributed by atoms with Crippen LogP contribution in [0, 0.1) is 11.3 Å². The first-order valence-corrected chi connectivity index (χ1v) is 6.02. The van der Waals surface area contributed by atoms with Crippen LogP contribution in [0.4, 0.5) is 0 Å². The van der Waals surface area contributed by atoms with E-state index in [1.165, 1.54) is 11.8 Å². The van der Waals surface area contributed by atoms with Gasteiger partial charge in [0.1, 0.15) is 6.07 Å². The van der Waals surface area contributed by atoms with Crippen LogP contribution in [0.3, 0.4) is 0 Å². The number of carboxylic acid groups (broad SMARTS) is 1. The minimum Gasteiger partial charge on any atom is -0.478 e. The molecular formula is C14H9NO2S. The first-order chi connectivity index (χ1) is 8.70. The Hall–Kier alpha value is -2.25. The Balaban J connectivity index is 2.32. The van der Waals surface area contributed by atoms with Crippen LogP contribution in [0.2, 0.25) is 0 Å². The second-order valence-corrected chi connectivity index (χ2v) is 4.66. The standard InChI is InChI=1S/C14H9NO2S/c15-9-11-4-1-2-7-13(11)18-12-6-3-5-10(8-12)14(16)17/h1-8H,(H,16,17). The molecular weight excluding hydrogens is 246 g/mol. The second-order valence-electron chi connectivity index (χ2n) is 3.54.